The van der Waals surface area contributed by atoms with Gasteiger partial charge in [0.1, 0.15) is 0 Å². The summed E-state index contributed by atoms with van der Waals surface area (Å²) in [4.78, 5) is 25.9. The number of H-pyrrole nitrogens is 1. The number of aromatic amines is 1. The van der Waals surface area contributed by atoms with Crippen molar-refractivity contribution in [1.29, 1.82) is 0 Å². The highest BCUT2D eigenvalue weighted by molar-refractivity contribution is 7.71. The van der Waals surface area contributed by atoms with E-state index in [9.17, 15) is 9.59 Å². The van der Waals surface area contributed by atoms with E-state index in [2.05, 4.69) is 15.5 Å². The number of aromatic nitrogens is 3. The maximum atomic E-state index is 12.3. The topological polar surface area (TPSA) is 83.0 Å². The highest BCUT2D eigenvalue weighted by Crippen LogP contribution is 2.17. The van der Waals surface area contributed by atoms with Gasteiger partial charge in [-0.3, -0.25) is 14.7 Å². The number of carbonyl (C=O) groups excluding carboxylic acids is 2. The lowest BCUT2D eigenvalue weighted by Crippen LogP contribution is -2.45. The molecule has 22 heavy (non-hydrogen) atoms. The smallest absolute Gasteiger partial charge is 0.225 e. The molecule has 0 aromatic carbocycles. The maximum absolute atomic E-state index is 12.3. The fraction of sp³-hybridized carbons (Fsp3) is 0.714. The number of hydrogen-bond donors (Lipinski definition) is 2. The predicted molar refractivity (Wildman–Crippen MR) is 84.5 cm³/mol. The summed E-state index contributed by atoms with van der Waals surface area (Å²) in [5, 5.41) is 9.77. The minimum atomic E-state index is -0.138. The van der Waals surface area contributed by atoms with Crippen molar-refractivity contribution in [3.63, 3.8) is 0 Å². The van der Waals surface area contributed by atoms with Gasteiger partial charge in [0.25, 0.3) is 0 Å². The summed E-state index contributed by atoms with van der Waals surface area (Å²) >= 11 is 5.12. The number of piperidine rings is 1. The van der Waals surface area contributed by atoms with Crippen LogP contribution < -0.4 is 5.32 Å². The molecule has 2 amide bonds. The molecule has 1 atom stereocenters. The molecule has 1 unspecified atom stereocenters. The first-order valence-electron chi connectivity index (χ1n) is 7.76. The molecule has 0 aliphatic carbocycles. The molecular weight excluding hydrogens is 302 g/mol. The highest BCUT2D eigenvalue weighted by atomic mass is 32.1. The molecule has 0 radical (unpaired) electrons. The van der Waals surface area contributed by atoms with E-state index in [1.165, 1.54) is 0 Å². The van der Waals surface area contributed by atoms with E-state index in [1.807, 2.05) is 18.4 Å². The van der Waals surface area contributed by atoms with E-state index in [4.69, 9.17) is 12.2 Å². The number of amides is 2. The maximum Gasteiger partial charge on any atom is 0.225 e. The van der Waals surface area contributed by atoms with Gasteiger partial charge in [0.2, 0.25) is 11.8 Å². The van der Waals surface area contributed by atoms with E-state index in [0.29, 0.717) is 30.8 Å². The molecule has 0 saturated carbocycles. The molecule has 122 valence electrons. The Morgan fingerprint density at radius 3 is 2.91 bits per heavy atom. The third-order valence-electron chi connectivity index (χ3n) is 4.02. The van der Waals surface area contributed by atoms with Crippen LogP contribution in [-0.2, 0) is 22.7 Å². The Bertz CT molecular complexity index is 594. The van der Waals surface area contributed by atoms with E-state index in [1.54, 1.807) is 4.90 Å². The van der Waals surface area contributed by atoms with Gasteiger partial charge in [0.15, 0.2) is 10.6 Å². The molecule has 0 bridgehead atoms. The first kappa shape index (κ1) is 16.7. The minimum Gasteiger partial charge on any atom is -0.348 e. The molecule has 1 saturated heterocycles. The lowest BCUT2D eigenvalue weighted by atomic mass is 9.97. The van der Waals surface area contributed by atoms with Gasteiger partial charge in [-0.05, 0) is 32.0 Å². The van der Waals surface area contributed by atoms with Crippen molar-refractivity contribution in [3.8, 4) is 0 Å². The normalized spacial score (nSPS) is 18.3. The summed E-state index contributed by atoms with van der Waals surface area (Å²) in [6, 6.07) is 0. The van der Waals surface area contributed by atoms with Crippen LogP contribution in [-0.4, -0.2) is 44.6 Å². The fourth-order valence-corrected chi connectivity index (χ4v) is 3.04. The third kappa shape index (κ3) is 3.73. The van der Waals surface area contributed by atoms with E-state index in [-0.39, 0.29) is 17.7 Å². The first-order chi connectivity index (χ1) is 10.6. The van der Waals surface area contributed by atoms with Crippen molar-refractivity contribution in [2.75, 3.05) is 13.1 Å². The van der Waals surface area contributed by atoms with Crippen LogP contribution >= 0.6 is 12.2 Å². The van der Waals surface area contributed by atoms with Gasteiger partial charge >= 0.3 is 0 Å². The number of nitrogens with one attached hydrogen (secondary N) is 2. The summed E-state index contributed by atoms with van der Waals surface area (Å²) in [5.41, 5.74) is 0. The second-order valence-electron chi connectivity index (χ2n) is 5.44. The van der Waals surface area contributed by atoms with Gasteiger partial charge in [-0.2, -0.15) is 5.10 Å². The van der Waals surface area contributed by atoms with Gasteiger partial charge in [0, 0.05) is 26.1 Å². The van der Waals surface area contributed by atoms with E-state index in [0.717, 1.165) is 25.2 Å². The van der Waals surface area contributed by atoms with Gasteiger partial charge < -0.3 is 14.8 Å². The SMILES string of the molecule is CCC(=O)N1CCCC(C(=O)NCc2n[nH]c(=S)n2CC)C1. The van der Waals surface area contributed by atoms with Crippen molar-refractivity contribution in [2.24, 2.45) is 5.92 Å². The summed E-state index contributed by atoms with van der Waals surface area (Å²) < 4.78 is 2.41. The van der Waals surface area contributed by atoms with Crippen LogP contribution in [0.3, 0.4) is 0 Å². The molecule has 1 fully saturated rings. The van der Waals surface area contributed by atoms with Crippen molar-refractivity contribution in [1.82, 2.24) is 25.0 Å². The number of rotatable bonds is 5. The Hall–Kier alpha value is -1.70. The van der Waals surface area contributed by atoms with E-state index < -0.39 is 0 Å². The lowest BCUT2D eigenvalue weighted by molar-refractivity contribution is -0.135. The molecule has 2 heterocycles. The fourth-order valence-electron chi connectivity index (χ4n) is 2.76. The zero-order chi connectivity index (χ0) is 16.1. The molecule has 1 aliphatic rings. The molecule has 8 heteroatoms. The second kappa shape index (κ2) is 7.53. The lowest BCUT2D eigenvalue weighted by Gasteiger charge is -2.31. The summed E-state index contributed by atoms with van der Waals surface area (Å²) in [6.07, 6.45) is 2.18. The Morgan fingerprint density at radius 1 is 1.45 bits per heavy atom. The molecule has 2 rings (SSSR count). The first-order valence-corrected chi connectivity index (χ1v) is 8.17. The number of hydrogen-bond acceptors (Lipinski definition) is 4. The summed E-state index contributed by atoms with van der Waals surface area (Å²) in [5.74, 6) is 0.675. The van der Waals surface area contributed by atoms with Crippen LogP contribution in [0.25, 0.3) is 0 Å². The van der Waals surface area contributed by atoms with Crippen LogP contribution in [0.4, 0.5) is 0 Å². The largest absolute Gasteiger partial charge is 0.348 e. The van der Waals surface area contributed by atoms with Crippen LogP contribution in [0.15, 0.2) is 0 Å². The van der Waals surface area contributed by atoms with E-state index >= 15 is 0 Å². The molecule has 2 N–H and O–H groups in total. The van der Waals surface area contributed by atoms with Gasteiger partial charge in [-0.25, -0.2) is 0 Å². The van der Waals surface area contributed by atoms with Crippen molar-refractivity contribution in [3.05, 3.63) is 10.6 Å². The van der Waals surface area contributed by atoms with Crippen molar-refractivity contribution >= 4 is 24.0 Å². The number of carbonyl (C=O) groups is 2. The van der Waals surface area contributed by atoms with Crippen LogP contribution in [0.5, 0.6) is 0 Å². The highest BCUT2D eigenvalue weighted by Gasteiger charge is 2.27. The molecule has 1 aromatic heterocycles. The summed E-state index contributed by atoms with van der Waals surface area (Å²) in [7, 11) is 0. The van der Waals surface area contributed by atoms with Crippen molar-refractivity contribution < 1.29 is 9.59 Å². The number of nitrogens with zero attached hydrogens (tertiary/aromatic N) is 3. The second-order valence-corrected chi connectivity index (χ2v) is 5.83. The van der Waals surface area contributed by atoms with Crippen molar-refractivity contribution in [2.45, 2.75) is 46.2 Å². The van der Waals surface area contributed by atoms with Crippen LogP contribution in [0, 0.1) is 10.7 Å². The molecule has 7 nitrogen and oxygen atoms in total. The predicted octanol–water partition coefficient (Wildman–Crippen LogP) is 1.23. The Labute approximate surface area is 135 Å². The minimum absolute atomic E-state index is 0.0230. The molecule has 1 aliphatic heterocycles. The average Bonchev–Trinajstić information content (AvgIpc) is 2.91. The molecule has 1 aromatic rings. The van der Waals surface area contributed by atoms with Gasteiger partial charge in [0.05, 0.1) is 12.5 Å². The summed E-state index contributed by atoms with van der Waals surface area (Å²) in [6.45, 7) is 6.15. The third-order valence-corrected chi connectivity index (χ3v) is 4.33. The van der Waals surface area contributed by atoms with Gasteiger partial charge in [-0.15, -0.1) is 0 Å². The molecule has 0 spiro atoms. The number of likely N-dealkylation sites (tertiary alicyclic amines) is 1. The average molecular weight is 325 g/mol. The quantitative estimate of drug-likeness (QED) is 0.798. The zero-order valence-corrected chi connectivity index (χ0v) is 13.9. The van der Waals surface area contributed by atoms with Crippen LogP contribution in [0.1, 0.15) is 38.9 Å². The zero-order valence-electron chi connectivity index (χ0n) is 13.1. The van der Waals surface area contributed by atoms with Gasteiger partial charge in [-0.1, -0.05) is 6.92 Å². The monoisotopic (exact) mass is 325 g/mol. The van der Waals surface area contributed by atoms with Crippen LogP contribution in [0.2, 0.25) is 0 Å². The molecular formula is C14H23N5O2S. The Morgan fingerprint density at radius 2 is 2.23 bits per heavy atom. The Balaban J connectivity index is 1.91. The Kier molecular flexibility index (Phi) is 5.70. The standard InChI is InChI=1S/C14H23N5O2S/c1-3-12(20)18-7-5-6-10(9-18)13(21)15-8-11-16-17-14(22)19(11)4-2/h10H,3-9H2,1-2H3,(H,15,21)(H,17,22).